The second-order valence-corrected chi connectivity index (χ2v) is 4.10. The van der Waals surface area contributed by atoms with E-state index in [1.165, 1.54) is 0 Å². The normalized spacial score (nSPS) is 12.9. The lowest BCUT2D eigenvalue weighted by molar-refractivity contribution is 0.358. The van der Waals surface area contributed by atoms with E-state index in [4.69, 9.17) is 4.52 Å². The third-order valence-corrected chi connectivity index (χ3v) is 2.65. The Hall–Kier alpha value is -1.69. The van der Waals surface area contributed by atoms with E-state index in [2.05, 4.69) is 34.4 Å². The second-order valence-electron chi connectivity index (χ2n) is 4.10. The van der Waals surface area contributed by atoms with Crippen LogP contribution >= 0.6 is 0 Å². The zero-order valence-electron chi connectivity index (χ0n) is 10.3. The molecule has 0 radical (unpaired) electrons. The van der Waals surface area contributed by atoms with Crippen LogP contribution < -0.4 is 5.32 Å². The van der Waals surface area contributed by atoms with Gasteiger partial charge in [0.15, 0.2) is 0 Å². The van der Waals surface area contributed by atoms with Gasteiger partial charge >= 0.3 is 0 Å². The van der Waals surface area contributed by atoms with Crippen molar-refractivity contribution in [3.63, 3.8) is 0 Å². The molecule has 0 aliphatic rings. The molecule has 2 aromatic heterocycles. The molecule has 2 aromatic rings. The molecule has 2 rings (SSSR count). The molecule has 6 nitrogen and oxygen atoms in total. The van der Waals surface area contributed by atoms with Crippen LogP contribution in [0.1, 0.15) is 26.2 Å². The Balaban J connectivity index is 2.01. The summed E-state index contributed by atoms with van der Waals surface area (Å²) >= 11 is 0. The first-order chi connectivity index (χ1) is 8.19. The number of aryl methyl sites for hydroxylation is 1. The predicted molar refractivity (Wildman–Crippen MR) is 63.1 cm³/mol. The zero-order valence-corrected chi connectivity index (χ0v) is 10.3. The van der Waals surface area contributed by atoms with Gasteiger partial charge in [-0.15, -0.1) is 0 Å². The fourth-order valence-electron chi connectivity index (χ4n) is 1.39. The van der Waals surface area contributed by atoms with Crippen LogP contribution in [0.4, 0.5) is 0 Å². The Labute approximate surface area is 100 Å². The highest BCUT2D eigenvalue weighted by Gasteiger charge is 2.10. The Morgan fingerprint density at radius 1 is 1.53 bits per heavy atom. The fraction of sp³-hybridized carbons (Fsp3) is 0.545. The van der Waals surface area contributed by atoms with E-state index >= 15 is 0 Å². The van der Waals surface area contributed by atoms with Gasteiger partial charge in [0.2, 0.25) is 11.7 Å². The number of nitrogens with zero attached hydrogens (tertiary/aromatic N) is 4. The van der Waals surface area contributed by atoms with Gasteiger partial charge in [0.25, 0.3) is 0 Å². The van der Waals surface area contributed by atoms with Crippen molar-refractivity contribution in [3.8, 4) is 11.4 Å². The van der Waals surface area contributed by atoms with Crippen LogP contribution in [0, 0.1) is 0 Å². The van der Waals surface area contributed by atoms with Gasteiger partial charge < -0.3 is 9.84 Å². The maximum absolute atomic E-state index is 5.16. The van der Waals surface area contributed by atoms with Crippen molar-refractivity contribution < 1.29 is 4.52 Å². The van der Waals surface area contributed by atoms with Crippen molar-refractivity contribution in [2.24, 2.45) is 7.05 Å². The van der Waals surface area contributed by atoms with Crippen LogP contribution in [0.5, 0.6) is 0 Å². The van der Waals surface area contributed by atoms with Gasteiger partial charge in [0.1, 0.15) is 0 Å². The van der Waals surface area contributed by atoms with Gasteiger partial charge in [-0.1, -0.05) is 12.1 Å². The van der Waals surface area contributed by atoms with Crippen LogP contribution in [0.3, 0.4) is 0 Å². The smallest absolute Gasteiger partial charge is 0.240 e. The molecule has 1 unspecified atom stereocenters. The average molecular weight is 235 g/mol. The molecule has 2 heterocycles. The molecule has 0 saturated carbocycles. The summed E-state index contributed by atoms with van der Waals surface area (Å²) in [6.07, 6.45) is 4.65. The third kappa shape index (κ3) is 2.91. The standard InChI is InChI=1S/C11H17N5O/c1-4-8(2)12-6-10-14-11(15-17-10)9-5-13-16(3)7-9/h5,7-8,12H,4,6H2,1-3H3. The highest BCUT2D eigenvalue weighted by atomic mass is 16.5. The van der Waals surface area contributed by atoms with E-state index < -0.39 is 0 Å². The van der Waals surface area contributed by atoms with Crippen molar-refractivity contribution in [2.75, 3.05) is 0 Å². The van der Waals surface area contributed by atoms with E-state index in [0.29, 0.717) is 24.3 Å². The Bertz CT molecular complexity index is 476. The molecule has 0 spiro atoms. The SMILES string of the molecule is CCC(C)NCc1nc(-c2cnn(C)c2)no1. The molecule has 17 heavy (non-hydrogen) atoms. The van der Waals surface area contributed by atoms with Crippen molar-refractivity contribution >= 4 is 0 Å². The summed E-state index contributed by atoms with van der Waals surface area (Å²) in [6.45, 7) is 4.85. The quantitative estimate of drug-likeness (QED) is 0.847. The minimum Gasteiger partial charge on any atom is -0.338 e. The topological polar surface area (TPSA) is 68.8 Å². The molecule has 0 bridgehead atoms. The highest BCUT2D eigenvalue weighted by Crippen LogP contribution is 2.13. The zero-order chi connectivity index (χ0) is 12.3. The monoisotopic (exact) mass is 235 g/mol. The number of nitrogens with one attached hydrogen (secondary N) is 1. The molecule has 1 N–H and O–H groups in total. The molecule has 0 aliphatic carbocycles. The molecule has 6 heteroatoms. The molecule has 0 fully saturated rings. The van der Waals surface area contributed by atoms with E-state index in [0.717, 1.165) is 12.0 Å². The van der Waals surface area contributed by atoms with Crippen LogP contribution in [-0.2, 0) is 13.6 Å². The minimum atomic E-state index is 0.448. The summed E-state index contributed by atoms with van der Waals surface area (Å²) < 4.78 is 6.87. The number of hydrogen-bond acceptors (Lipinski definition) is 5. The fourth-order valence-corrected chi connectivity index (χ4v) is 1.39. The lowest BCUT2D eigenvalue weighted by Crippen LogP contribution is -2.24. The maximum Gasteiger partial charge on any atom is 0.240 e. The van der Waals surface area contributed by atoms with Crippen LogP contribution in [0.15, 0.2) is 16.9 Å². The Morgan fingerprint density at radius 2 is 2.35 bits per heavy atom. The second kappa shape index (κ2) is 5.09. The lowest BCUT2D eigenvalue weighted by Gasteiger charge is -2.07. The first kappa shape index (κ1) is 11.8. The molecule has 1 atom stereocenters. The molecule has 0 amide bonds. The van der Waals surface area contributed by atoms with E-state index in [1.807, 2.05) is 13.2 Å². The summed E-state index contributed by atoms with van der Waals surface area (Å²) in [5, 5.41) is 11.3. The first-order valence-electron chi connectivity index (χ1n) is 5.74. The summed E-state index contributed by atoms with van der Waals surface area (Å²) in [5.74, 6) is 1.18. The molecular weight excluding hydrogens is 218 g/mol. The lowest BCUT2D eigenvalue weighted by atomic mass is 10.2. The van der Waals surface area contributed by atoms with Gasteiger partial charge in [-0.2, -0.15) is 10.1 Å². The molecule has 0 saturated heterocycles. The largest absolute Gasteiger partial charge is 0.338 e. The summed E-state index contributed by atoms with van der Waals surface area (Å²) in [6, 6.07) is 0.448. The van der Waals surface area contributed by atoms with Crippen LogP contribution in [-0.4, -0.2) is 26.0 Å². The Kier molecular flexibility index (Phi) is 3.53. The first-order valence-corrected chi connectivity index (χ1v) is 5.74. The molecular formula is C11H17N5O. The highest BCUT2D eigenvalue weighted by molar-refractivity contribution is 5.50. The van der Waals surface area contributed by atoms with Crippen molar-refractivity contribution in [1.82, 2.24) is 25.2 Å². The van der Waals surface area contributed by atoms with E-state index in [1.54, 1.807) is 10.9 Å². The summed E-state index contributed by atoms with van der Waals surface area (Å²) in [5.41, 5.74) is 0.867. The molecule has 0 aliphatic heterocycles. The summed E-state index contributed by atoms with van der Waals surface area (Å²) in [7, 11) is 1.86. The predicted octanol–water partition coefficient (Wildman–Crippen LogP) is 1.36. The van der Waals surface area contributed by atoms with Gasteiger partial charge in [0.05, 0.1) is 18.3 Å². The summed E-state index contributed by atoms with van der Waals surface area (Å²) in [4.78, 5) is 4.31. The van der Waals surface area contributed by atoms with Crippen molar-refractivity contribution in [1.29, 1.82) is 0 Å². The van der Waals surface area contributed by atoms with E-state index in [-0.39, 0.29) is 0 Å². The minimum absolute atomic E-state index is 0.448. The van der Waals surface area contributed by atoms with Crippen LogP contribution in [0.25, 0.3) is 11.4 Å². The van der Waals surface area contributed by atoms with Gasteiger partial charge in [-0.05, 0) is 13.3 Å². The maximum atomic E-state index is 5.16. The number of aromatic nitrogens is 4. The molecule has 0 aromatic carbocycles. The van der Waals surface area contributed by atoms with Gasteiger partial charge in [-0.3, -0.25) is 4.68 Å². The van der Waals surface area contributed by atoms with Gasteiger partial charge in [0, 0.05) is 19.3 Å². The molecule has 92 valence electrons. The number of hydrogen-bond donors (Lipinski definition) is 1. The van der Waals surface area contributed by atoms with Crippen LogP contribution in [0.2, 0.25) is 0 Å². The van der Waals surface area contributed by atoms with E-state index in [9.17, 15) is 0 Å². The number of rotatable bonds is 5. The average Bonchev–Trinajstić information content (AvgIpc) is 2.94. The third-order valence-electron chi connectivity index (χ3n) is 2.65. The Morgan fingerprint density at radius 3 is 3.00 bits per heavy atom. The van der Waals surface area contributed by atoms with Crippen molar-refractivity contribution in [2.45, 2.75) is 32.9 Å². The van der Waals surface area contributed by atoms with Gasteiger partial charge in [-0.25, -0.2) is 0 Å². The van der Waals surface area contributed by atoms with Crippen molar-refractivity contribution in [3.05, 3.63) is 18.3 Å².